The van der Waals surface area contributed by atoms with E-state index in [1.807, 2.05) is 13.0 Å². The maximum absolute atomic E-state index is 12.2. The molecule has 1 amide bonds. The van der Waals surface area contributed by atoms with Crippen molar-refractivity contribution in [3.05, 3.63) is 54.1 Å². The molecule has 28 heavy (non-hydrogen) atoms. The van der Waals surface area contributed by atoms with Gasteiger partial charge in [0.25, 0.3) is 5.91 Å². The van der Waals surface area contributed by atoms with Gasteiger partial charge in [-0.15, -0.1) is 0 Å². The summed E-state index contributed by atoms with van der Waals surface area (Å²) in [7, 11) is -3.81. The third-order valence-electron chi connectivity index (χ3n) is 3.75. The molecule has 0 fully saturated rings. The molecule has 0 saturated carbocycles. The first-order valence-corrected chi connectivity index (χ1v) is 9.98. The first kappa shape index (κ1) is 21.4. The average Bonchev–Trinajstić information content (AvgIpc) is 2.61. The van der Waals surface area contributed by atoms with E-state index < -0.39 is 34.1 Å². The molecule has 0 aliphatic rings. The Hall–Kier alpha value is -2.91. The van der Waals surface area contributed by atoms with Crippen LogP contribution in [0.4, 0.5) is 5.69 Å². The number of anilines is 1. The van der Waals surface area contributed by atoms with Gasteiger partial charge in [0, 0.05) is 5.69 Å². The molecule has 0 aromatic heterocycles. The fraction of sp³-hybridized carbons (Fsp3) is 0.263. The monoisotopic (exact) mass is 406 g/mol. The normalized spacial score (nSPS) is 13.3. The Bertz CT molecular complexity index is 957. The van der Waals surface area contributed by atoms with Crippen LogP contribution < -0.4 is 15.2 Å². The van der Waals surface area contributed by atoms with Crippen LogP contribution in [-0.2, 0) is 24.3 Å². The molecular weight excluding hydrogens is 384 g/mol. The molecule has 150 valence electrons. The molecule has 3 N–H and O–H groups in total. The number of nitrogens with two attached hydrogens (primary N) is 1. The van der Waals surface area contributed by atoms with Crippen molar-refractivity contribution in [3.8, 4) is 5.75 Å². The molecule has 2 aromatic carbocycles. The minimum Gasteiger partial charge on any atom is -0.479 e. The van der Waals surface area contributed by atoms with Gasteiger partial charge < -0.3 is 14.8 Å². The number of rotatable bonds is 7. The standard InChI is InChI=1S/C19H22N2O6S/c1-12-5-4-6-16(11-12)26-14(3)19(23)27-13(2)18(22)21-15-7-9-17(10-8-15)28(20,24)25/h4-11,13-14H,1-3H3,(H,21,22)(H2,20,24,25)/t13-,14+/m1/s1. The minimum atomic E-state index is -3.81. The van der Waals surface area contributed by atoms with Crippen LogP contribution in [0.15, 0.2) is 53.4 Å². The summed E-state index contributed by atoms with van der Waals surface area (Å²) in [6.07, 6.45) is -1.97. The van der Waals surface area contributed by atoms with Crippen LogP contribution in [-0.4, -0.2) is 32.5 Å². The number of nitrogens with one attached hydrogen (secondary N) is 1. The molecule has 0 spiro atoms. The Morgan fingerprint density at radius 3 is 2.25 bits per heavy atom. The van der Waals surface area contributed by atoms with Crippen LogP contribution in [0, 0.1) is 6.92 Å². The number of hydrogen-bond acceptors (Lipinski definition) is 6. The summed E-state index contributed by atoms with van der Waals surface area (Å²) in [5.74, 6) is -0.732. The quantitative estimate of drug-likeness (QED) is 0.678. The highest BCUT2D eigenvalue weighted by Gasteiger charge is 2.23. The van der Waals surface area contributed by atoms with Crippen LogP contribution >= 0.6 is 0 Å². The predicted molar refractivity (Wildman–Crippen MR) is 103 cm³/mol. The van der Waals surface area contributed by atoms with Gasteiger partial charge in [-0.3, -0.25) is 4.79 Å². The van der Waals surface area contributed by atoms with Gasteiger partial charge in [-0.1, -0.05) is 12.1 Å². The molecule has 9 heteroatoms. The Balaban J connectivity index is 1.91. The summed E-state index contributed by atoms with van der Waals surface area (Å²) in [5.41, 5.74) is 1.32. The highest BCUT2D eigenvalue weighted by atomic mass is 32.2. The first-order chi connectivity index (χ1) is 13.1. The Labute approximate surface area is 163 Å². The zero-order valence-corrected chi connectivity index (χ0v) is 16.5. The lowest BCUT2D eigenvalue weighted by molar-refractivity contribution is -0.159. The van der Waals surface area contributed by atoms with Crippen molar-refractivity contribution in [2.75, 3.05) is 5.32 Å². The second kappa shape index (κ2) is 8.85. The molecule has 0 aliphatic heterocycles. The van der Waals surface area contributed by atoms with Crippen LogP contribution in [0.1, 0.15) is 19.4 Å². The van der Waals surface area contributed by atoms with Gasteiger partial charge in [-0.2, -0.15) is 0 Å². The summed E-state index contributed by atoms with van der Waals surface area (Å²) in [4.78, 5) is 24.3. The summed E-state index contributed by atoms with van der Waals surface area (Å²) in [5, 5.41) is 7.55. The van der Waals surface area contributed by atoms with Crippen molar-refractivity contribution in [2.24, 2.45) is 5.14 Å². The van der Waals surface area contributed by atoms with E-state index in [-0.39, 0.29) is 4.90 Å². The molecule has 2 rings (SSSR count). The first-order valence-electron chi connectivity index (χ1n) is 8.44. The van der Waals surface area contributed by atoms with Gasteiger partial charge in [0.05, 0.1) is 4.90 Å². The Morgan fingerprint density at radius 2 is 1.68 bits per heavy atom. The lowest BCUT2D eigenvalue weighted by Crippen LogP contribution is -2.35. The zero-order chi connectivity index (χ0) is 20.9. The molecule has 8 nitrogen and oxygen atoms in total. The Kier molecular flexibility index (Phi) is 6.76. The van der Waals surface area contributed by atoms with E-state index in [0.717, 1.165) is 5.56 Å². The number of ether oxygens (including phenoxy) is 2. The molecule has 0 saturated heterocycles. The minimum absolute atomic E-state index is 0.0768. The van der Waals surface area contributed by atoms with Crippen LogP contribution in [0.5, 0.6) is 5.75 Å². The predicted octanol–water partition coefficient (Wildman–Crippen LogP) is 1.98. The van der Waals surface area contributed by atoms with Gasteiger partial charge in [0.2, 0.25) is 10.0 Å². The third kappa shape index (κ3) is 6.07. The average molecular weight is 406 g/mol. The number of aryl methyl sites for hydroxylation is 1. The Morgan fingerprint density at radius 1 is 1.04 bits per heavy atom. The number of benzene rings is 2. The number of primary sulfonamides is 1. The van der Waals surface area contributed by atoms with E-state index in [2.05, 4.69) is 5.32 Å². The van der Waals surface area contributed by atoms with Crippen LogP contribution in [0.3, 0.4) is 0 Å². The second-order valence-electron chi connectivity index (χ2n) is 6.21. The largest absolute Gasteiger partial charge is 0.479 e. The number of esters is 1. The number of sulfonamides is 1. The van der Waals surface area contributed by atoms with Crippen molar-refractivity contribution < 1.29 is 27.5 Å². The summed E-state index contributed by atoms with van der Waals surface area (Å²) in [6, 6.07) is 12.5. The summed E-state index contributed by atoms with van der Waals surface area (Å²) >= 11 is 0. The third-order valence-corrected chi connectivity index (χ3v) is 4.68. The highest BCUT2D eigenvalue weighted by Crippen LogP contribution is 2.16. The van der Waals surface area contributed by atoms with Gasteiger partial charge >= 0.3 is 5.97 Å². The lowest BCUT2D eigenvalue weighted by atomic mass is 10.2. The van der Waals surface area contributed by atoms with E-state index in [9.17, 15) is 18.0 Å². The molecule has 0 aliphatic carbocycles. The lowest BCUT2D eigenvalue weighted by Gasteiger charge is -2.18. The van der Waals surface area contributed by atoms with Crippen LogP contribution in [0.25, 0.3) is 0 Å². The van der Waals surface area contributed by atoms with Crippen molar-refractivity contribution in [1.29, 1.82) is 0 Å². The molecule has 0 bridgehead atoms. The molecular formula is C19H22N2O6S. The van der Waals surface area contributed by atoms with Crippen molar-refractivity contribution >= 4 is 27.6 Å². The fourth-order valence-corrected chi connectivity index (χ4v) is 2.75. The van der Waals surface area contributed by atoms with E-state index in [1.165, 1.54) is 38.1 Å². The molecule has 2 atom stereocenters. The van der Waals surface area contributed by atoms with E-state index in [1.54, 1.807) is 18.2 Å². The maximum Gasteiger partial charge on any atom is 0.347 e. The van der Waals surface area contributed by atoms with Gasteiger partial charge in [-0.25, -0.2) is 18.4 Å². The number of carbonyl (C=O) groups excluding carboxylic acids is 2. The van der Waals surface area contributed by atoms with Gasteiger partial charge in [-0.05, 0) is 62.7 Å². The highest BCUT2D eigenvalue weighted by molar-refractivity contribution is 7.89. The van der Waals surface area contributed by atoms with Crippen molar-refractivity contribution in [1.82, 2.24) is 0 Å². The summed E-state index contributed by atoms with van der Waals surface area (Å²) in [6.45, 7) is 4.85. The topological polar surface area (TPSA) is 125 Å². The van der Waals surface area contributed by atoms with Crippen molar-refractivity contribution in [2.45, 2.75) is 37.9 Å². The number of hydrogen-bond donors (Lipinski definition) is 2. The molecule has 2 aromatic rings. The maximum atomic E-state index is 12.2. The number of carbonyl (C=O) groups is 2. The smallest absolute Gasteiger partial charge is 0.347 e. The zero-order valence-electron chi connectivity index (χ0n) is 15.7. The molecule has 0 heterocycles. The molecule has 0 unspecified atom stereocenters. The van der Waals surface area contributed by atoms with E-state index >= 15 is 0 Å². The SMILES string of the molecule is Cc1cccc(O[C@@H](C)C(=O)O[C@H](C)C(=O)Nc2ccc(S(N)(=O)=O)cc2)c1. The van der Waals surface area contributed by atoms with E-state index in [4.69, 9.17) is 14.6 Å². The van der Waals surface area contributed by atoms with Crippen molar-refractivity contribution in [3.63, 3.8) is 0 Å². The summed E-state index contributed by atoms with van der Waals surface area (Å²) < 4.78 is 33.1. The second-order valence-corrected chi connectivity index (χ2v) is 7.78. The van der Waals surface area contributed by atoms with Crippen LogP contribution in [0.2, 0.25) is 0 Å². The van der Waals surface area contributed by atoms with Gasteiger partial charge in [0.15, 0.2) is 12.2 Å². The molecule has 0 radical (unpaired) electrons. The van der Waals surface area contributed by atoms with Gasteiger partial charge in [0.1, 0.15) is 5.75 Å². The number of amides is 1. The van der Waals surface area contributed by atoms with E-state index in [0.29, 0.717) is 11.4 Å². The fourth-order valence-electron chi connectivity index (χ4n) is 2.24.